The van der Waals surface area contributed by atoms with E-state index in [0.717, 1.165) is 17.0 Å². The number of carboxylic acids is 1. The minimum atomic E-state index is -1.03. The van der Waals surface area contributed by atoms with E-state index in [1.165, 1.54) is 6.08 Å². The van der Waals surface area contributed by atoms with Gasteiger partial charge in [0.15, 0.2) is 6.61 Å². The van der Waals surface area contributed by atoms with Crippen molar-refractivity contribution in [3.8, 4) is 5.75 Å². The van der Waals surface area contributed by atoms with Crippen molar-refractivity contribution in [2.24, 2.45) is 0 Å². The molecular formula is C15H18BrNO4. The summed E-state index contributed by atoms with van der Waals surface area (Å²) in [5.74, 6) is -0.710. The van der Waals surface area contributed by atoms with Gasteiger partial charge in [-0.1, -0.05) is 22.9 Å². The Kier molecular flexibility index (Phi) is 6.94. The number of nitrogens with one attached hydrogen (secondary N) is 1. The molecule has 5 nitrogen and oxygen atoms in total. The van der Waals surface area contributed by atoms with Gasteiger partial charge >= 0.3 is 5.97 Å². The minimum absolute atomic E-state index is 0.0753. The van der Waals surface area contributed by atoms with Crippen LogP contribution in [0.25, 0.3) is 6.08 Å². The number of benzene rings is 1. The van der Waals surface area contributed by atoms with Crippen LogP contribution in [0, 0.1) is 0 Å². The molecule has 114 valence electrons. The highest BCUT2D eigenvalue weighted by Crippen LogP contribution is 2.23. The second-order valence-corrected chi connectivity index (χ2v) is 5.37. The summed E-state index contributed by atoms with van der Waals surface area (Å²) in [6.45, 7) is 3.84. The summed E-state index contributed by atoms with van der Waals surface area (Å²) in [5, 5.41) is 11.4. The highest BCUT2D eigenvalue weighted by Gasteiger charge is 2.07. The Labute approximate surface area is 132 Å². The van der Waals surface area contributed by atoms with Gasteiger partial charge in [0, 0.05) is 16.6 Å². The van der Waals surface area contributed by atoms with Gasteiger partial charge < -0.3 is 15.2 Å². The fraction of sp³-hybridized carbons (Fsp3) is 0.333. The van der Waals surface area contributed by atoms with Crippen LogP contribution in [0.3, 0.4) is 0 Å². The number of rotatable bonds is 7. The van der Waals surface area contributed by atoms with Crippen LogP contribution in [0.4, 0.5) is 0 Å². The first-order valence-electron chi connectivity index (χ1n) is 6.55. The van der Waals surface area contributed by atoms with Crippen molar-refractivity contribution < 1.29 is 19.4 Å². The summed E-state index contributed by atoms with van der Waals surface area (Å²) in [6, 6.07) is 5.22. The van der Waals surface area contributed by atoms with Crippen LogP contribution < -0.4 is 10.1 Å². The van der Waals surface area contributed by atoms with Crippen LogP contribution in [0.2, 0.25) is 0 Å². The van der Waals surface area contributed by atoms with Crippen molar-refractivity contribution >= 4 is 33.9 Å². The largest absolute Gasteiger partial charge is 0.484 e. The summed E-state index contributed by atoms with van der Waals surface area (Å²) in [4.78, 5) is 22.1. The Morgan fingerprint density at radius 3 is 2.81 bits per heavy atom. The lowest BCUT2D eigenvalue weighted by molar-refractivity contribution is -0.131. The molecule has 1 aromatic rings. The van der Waals surface area contributed by atoms with Crippen molar-refractivity contribution in [3.05, 3.63) is 34.3 Å². The van der Waals surface area contributed by atoms with E-state index in [1.54, 1.807) is 18.2 Å². The fourth-order valence-corrected chi connectivity index (χ4v) is 1.85. The van der Waals surface area contributed by atoms with Crippen LogP contribution in [-0.4, -0.2) is 29.6 Å². The van der Waals surface area contributed by atoms with Crippen LogP contribution in [0.15, 0.2) is 28.7 Å². The van der Waals surface area contributed by atoms with Crippen molar-refractivity contribution in [2.75, 3.05) is 6.61 Å². The standard InChI is InChI=1S/C15H18BrNO4/c1-3-10(2)17-14(18)9-21-12-5-6-13(16)11(8-12)4-7-15(19)20/h4-8,10H,3,9H2,1-2H3,(H,17,18)(H,19,20)/b7-4+. The number of aliphatic carboxylic acids is 1. The second kappa shape index (κ2) is 8.46. The normalized spacial score (nSPS) is 12.1. The molecule has 0 saturated heterocycles. The zero-order valence-corrected chi connectivity index (χ0v) is 13.5. The van der Waals surface area contributed by atoms with Gasteiger partial charge in [0.1, 0.15) is 5.75 Å². The average Bonchev–Trinajstić information content (AvgIpc) is 2.44. The van der Waals surface area contributed by atoms with Gasteiger partial charge in [-0.25, -0.2) is 4.79 Å². The molecule has 1 unspecified atom stereocenters. The number of ether oxygens (including phenoxy) is 1. The molecule has 0 aliphatic rings. The SMILES string of the molecule is CCC(C)NC(=O)COc1ccc(Br)c(/C=C/C(=O)O)c1. The molecule has 0 aromatic heterocycles. The molecule has 2 N–H and O–H groups in total. The van der Waals surface area contributed by atoms with Crippen LogP contribution in [0.1, 0.15) is 25.8 Å². The second-order valence-electron chi connectivity index (χ2n) is 4.52. The number of hydrogen-bond donors (Lipinski definition) is 2. The lowest BCUT2D eigenvalue weighted by atomic mass is 10.2. The highest BCUT2D eigenvalue weighted by molar-refractivity contribution is 9.10. The number of carboxylic acid groups (broad SMARTS) is 1. The zero-order chi connectivity index (χ0) is 15.8. The maximum absolute atomic E-state index is 11.6. The number of carbonyl (C=O) groups is 2. The number of carbonyl (C=O) groups excluding carboxylic acids is 1. The maximum Gasteiger partial charge on any atom is 0.328 e. The van der Waals surface area contributed by atoms with E-state index in [-0.39, 0.29) is 18.6 Å². The predicted molar refractivity (Wildman–Crippen MR) is 84.2 cm³/mol. The Balaban J connectivity index is 2.66. The molecule has 0 spiro atoms. The smallest absolute Gasteiger partial charge is 0.328 e. The van der Waals surface area contributed by atoms with Gasteiger partial charge in [0.05, 0.1) is 0 Å². The quantitative estimate of drug-likeness (QED) is 0.737. The lowest BCUT2D eigenvalue weighted by Gasteiger charge is -2.12. The number of hydrogen-bond acceptors (Lipinski definition) is 3. The van der Waals surface area contributed by atoms with Gasteiger partial charge in [-0.3, -0.25) is 4.79 Å². The van der Waals surface area contributed by atoms with E-state index in [1.807, 2.05) is 13.8 Å². The van der Waals surface area contributed by atoms with Crippen molar-refractivity contribution in [1.29, 1.82) is 0 Å². The molecule has 0 fully saturated rings. The van der Waals surface area contributed by atoms with Gasteiger partial charge in [-0.2, -0.15) is 0 Å². The molecule has 0 aliphatic carbocycles. The average molecular weight is 356 g/mol. The first kappa shape index (κ1) is 17.2. The molecule has 0 aliphatic heterocycles. The van der Waals surface area contributed by atoms with E-state index in [4.69, 9.17) is 9.84 Å². The molecular weight excluding hydrogens is 338 g/mol. The van der Waals surface area contributed by atoms with Crippen LogP contribution >= 0.6 is 15.9 Å². The van der Waals surface area contributed by atoms with Crippen LogP contribution in [0.5, 0.6) is 5.75 Å². The summed E-state index contributed by atoms with van der Waals surface area (Å²) >= 11 is 3.32. The topological polar surface area (TPSA) is 75.6 Å². The van der Waals surface area contributed by atoms with E-state index in [0.29, 0.717) is 11.3 Å². The molecule has 1 amide bonds. The number of halogens is 1. The van der Waals surface area contributed by atoms with Crippen molar-refractivity contribution in [3.63, 3.8) is 0 Å². The molecule has 6 heteroatoms. The molecule has 1 rings (SSSR count). The van der Waals surface area contributed by atoms with E-state index < -0.39 is 5.97 Å². The van der Waals surface area contributed by atoms with Crippen molar-refractivity contribution in [1.82, 2.24) is 5.32 Å². The zero-order valence-electron chi connectivity index (χ0n) is 11.9. The Morgan fingerprint density at radius 1 is 1.48 bits per heavy atom. The number of amides is 1. The molecule has 1 aromatic carbocycles. The Hall–Kier alpha value is -1.82. The molecule has 0 heterocycles. The third-order valence-electron chi connectivity index (χ3n) is 2.76. The molecule has 0 saturated carbocycles. The van der Waals surface area contributed by atoms with Crippen molar-refractivity contribution in [2.45, 2.75) is 26.3 Å². The summed E-state index contributed by atoms with van der Waals surface area (Å²) in [7, 11) is 0. The summed E-state index contributed by atoms with van der Waals surface area (Å²) in [6.07, 6.45) is 3.35. The summed E-state index contributed by atoms with van der Waals surface area (Å²) < 4.78 is 6.15. The molecule has 0 bridgehead atoms. The lowest BCUT2D eigenvalue weighted by Crippen LogP contribution is -2.35. The monoisotopic (exact) mass is 355 g/mol. The molecule has 1 atom stereocenters. The van der Waals surface area contributed by atoms with Gasteiger partial charge in [0.25, 0.3) is 5.91 Å². The van der Waals surface area contributed by atoms with Gasteiger partial charge in [-0.15, -0.1) is 0 Å². The van der Waals surface area contributed by atoms with E-state index in [9.17, 15) is 9.59 Å². The van der Waals surface area contributed by atoms with E-state index >= 15 is 0 Å². The Morgan fingerprint density at radius 2 is 2.19 bits per heavy atom. The highest BCUT2D eigenvalue weighted by atomic mass is 79.9. The predicted octanol–water partition coefficient (Wildman–Crippen LogP) is 2.84. The van der Waals surface area contributed by atoms with Gasteiger partial charge in [0.2, 0.25) is 0 Å². The third kappa shape index (κ3) is 6.44. The Bertz CT molecular complexity index is 542. The fourth-order valence-electron chi connectivity index (χ4n) is 1.47. The first-order valence-corrected chi connectivity index (χ1v) is 7.34. The van der Waals surface area contributed by atoms with Gasteiger partial charge in [-0.05, 0) is 43.2 Å². The summed E-state index contributed by atoms with van der Waals surface area (Å²) in [5.41, 5.74) is 0.664. The van der Waals surface area contributed by atoms with Crippen LogP contribution in [-0.2, 0) is 9.59 Å². The molecule has 21 heavy (non-hydrogen) atoms. The third-order valence-corrected chi connectivity index (χ3v) is 3.48. The maximum atomic E-state index is 11.6. The minimum Gasteiger partial charge on any atom is -0.484 e. The van der Waals surface area contributed by atoms with E-state index in [2.05, 4.69) is 21.2 Å². The molecule has 0 radical (unpaired) electrons. The first-order chi connectivity index (χ1) is 9.92.